The van der Waals surface area contributed by atoms with Crippen molar-refractivity contribution in [1.29, 1.82) is 0 Å². The molecule has 0 radical (unpaired) electrons. The van der Waals surface area contributed by atoms with E-state index in [1.165, 1.54) is 18.4 Å². The van der Waals surface area contributed by atoms with Crippen molar-refractivity contribution in [2.24, 2.45) is 11.8 Å². The van der Waals surface area contributed by atoms with E-state index in [1.807, 2.05) is 0 Å². The molecule has 0 spiro atoms. The minimum absolute atomic E-state index is 0.118. The molecule has 2 nitrogen and oxygen atoms in total. The monoisotopic (exact) mass is 366 g/mol. The smallest absolute Gasteiger partial charge is 0.192 e. The maximum absolute atomic E-state index is 10.5. The molecule has 0 bridgehead atoms. The quantitative estimate of drug-likeness (QED) is 0.171. The predicted octanol–water partition coefficient (Wildman–Crippen LogP) is 6.93. The van der Waals surface area contributed by atoms with Gasteiger partial charge in [0.2, 0.25) is 0 Å². The number of carbonyl (C=O) groups is 1. The van der Waals surface area contributed by atoms with Gasteiger partial charge in [-0.25, -0.2) is 0 Å². The molecule has 0 fully saturated rings. The van der Waals surface area contributed by atoms with E-state index in [2.05, 4.69) is 79.8 Å². The van der Waals surface area contributed by atoms with Crippen molar-refractivity contribution < 1.29 is 9.22 Å². The third kappa shape index (κ3) is 9.00. The van der Waals surface area contributed by atoms with Gasteiger partial charge in [0.25, 0.3) is 0 Å². The summed E-state index contributed by atoms with van der Waals surface area (Å²) in [6.45, 7) is 20.5. The first-order valence-corrected chi connectivity index (χ1v) is 12.8. The van der Waals surface area contributed by atoms with Gasteiger partial charge in [-0.2, -0.15) is 0 Å². The maximum Gasteiger partial charge on any atom is 0.192 e. The Bertz CT molecular complexity index is 443. The summed E-state index contributed by atoms with van der Waals surface area (Å²) >= 11 is 0. The van der Waals surface area contributed by atoms with Crippen molar-refractivity contribution >= 4 is 14.6 Å². The van der Waals surface area contributed by atoms with Gasteiger partial charge in [0, 0.05) is 12.3 Å². The summed E-state index contributed by atoms with van der Waals surface area (Å²) in [5.41, 5.74) is 1.35. The van der Waals surface area contributed by atoms with Crippen molar-refractivity contribution in [1.82, 2.24) is 0 Å². The Kier molecular flexibility index (Phi) is 10.8. The highest BCUT2D eigenvalue weighted by Crippen LogP contribution is 2.39. The summed E-state index contributed by atoms with van der Waals surface area (Å²) in [5.74, 6) is 0.896. The van der Waals surface area contributed by atoms with Gasteiger partial charge in [-0.1, -0.05) is 66.2 Å². The molecule has 3 atom stereocenters. The van der Waals surface area contributed by atoms with E-state index < -0.39 is 8.32 Å². The lowest BCUT2D eigenvalue weighted by molar-refractivity contribution is -0.107. The van der Waals surface area contributed by atoms with Crippen LogP contribution in [0.3, 0.4) is 0 Å². The van der Waals surface area contributed by atoms with Gasteiger partial charge < -0.3 is 9.22 Å². The molecule has 0 aliphatic carbocycles. The molecule has 0 aliphatic rings. The first-order chi connectivity index (χ1) is 11.5. The van der Waals surface area contributed by atoms with Gasteiger partial charge in [-0.15, -0.1) is 0 Å². The highest BCUT2D eigenvalue weighted by molar-refractivity contribution is 6.74. The fourth-order valence-electron chi connectivity index (χ4n) is 2.77. The predicted molar refractivity (Wildman–Crippen MR) is 114 cm³/mol. The van der Waals surface area contributed by atoms with Crippen LogP contribution >= 0.6 is 0 Å². The van der Waals surface area contributed by atoms with E-state index in [1.54, 1.807) is 0 Å². The molecule has 0 saturated carbocycles. The van der Waals surface area contributed by atoms with E-state index >= 15 is 0 Å². The fourth-order valence-corrected chi connectivity index (χ4v) is 4.16. The normalized spacial score (nSPS) is 17.6. The molecule has 0 rings (SSSR count). The molecule has 0 saturated heterocycles. The lowest BCUT2D eigenvalue weighted by atomic mass is 9.94. The highest BCUT2D eigenvalue weighted by Gasteiger charge is 2.40. The van der Waals surface area contributed by atoms with Crippen LogP contribution in [0.1, 0.15) is 74.1 Å². The largest absolute Gasteiger partial charge is 0.410 e. The molecule has 0 aromatic carbocycles. The fraction of sp³-hybridized carbons (Fsp3) is 0.773. The van der Waals surface area contributed by atoms with E-state index in [0.29, 0.717) is 18.3 Å². The van der Waals surface area contributed by atoms with Crippen LogP contribution in [0.2, 0.25) is 18.1 Å². The van der Waals surface area contributed by atoms with Gasteiger partial charge in [0.05, 0.1) is 6.10 Å². The van der Waals surface area contributed by atoms with Crippen LogP contribution in [0, 0.1) is 11.8 Å². The Morgan fingerprint density at radius 1 is 1.16 bits per heavy atom. The second-order valence-corrected chi connectivity index (χ2v) is 13.8. The zero-order valence-corrected chi connectivity index (χ0v) is 19.2. The molecule has 3 heteroatoms. The lowest BCUT2D eigenvalue weighted by Crippen LogP contribution is -2.45. The van der Waals surface area contributed by atoms with Gasteiger partial charge in [-0.05, 0) is 49.4 Å². The Morgan fingerprint density at radius 2 is 1.76 bits per heavy atom. The van der Waals surface area contributed by atoms with Gasteiger partial charge in [0.1, 0.15) is 6.29 Å². The third-order valence-electron chi connectivity index (χ3n) is 5.34. The van der Waals surface area contributed by atoms with Crippen LogP contribution in [0.25, 0.3) is 0 Å². The first-order valence-electron chi connectivity index (χ1n) is 9.92. The highest BCUT2D eigenvalue weighted by atomic mass is 28.4. The molecular weight excluding hydrogens is 324 g/mol. The second-order valence-electron chi connectivity index (χ2n) is 9.01. The molecule has 0 aliphatic heterocycles. The van der Waals surface area contributed by atoms with Crippen LogP contribution in [0.15, 0.2) is 23.8 Å². The van der Waals surface area contributed by atoms with E-state index in [9.17, 15) is 4.79 Å². The summed E-state index contributed by atoms with van der Waals surface area (Å²) in [5, 5.41) is 0.196. The van der Waals surface area contributed by atoms with Crippen LogP contribution in [0.5, 0.6) is 0 Å². The number of hydrogen-bond acceptors (Lipinski definition) is 2. The van der Waals surface area contributed by atoms with Crippen LogP contribution in [0.4, 0.5) is 0 Å². The second kappa shape index (κ2) is 11.1. The molecular formula is C22H42O2Si. The summed E-state index contributed by atoms with van der Waals surface area (Å²) in [6, 6.07) is 0. The van der Waals surface area contributed by atoms with Crippen molar-refractivity contribution in [3.63, 3.8) is 0 Å². The Hall–Kier alpha value is -0.673. The maximum atomic E-state index is 10.5. The standard InChI is InChI=1S/C22H42O2Si/c1-10-14-18(2)17-20(4)21(19(3)15-12-11-13-16-23)24-25(8,9)22(5,6)7/h12,15-19,21H,10-11,13-14H2,1-9H3/b15-12+,20-17+/t18-,19-,21-/m1/s1. The van der Waals surface area contributed by atoms with Crippen molar-refractivity contribution in [3.05, 3.63) is 23.8 Å². The summed E-state index contributed by atoms with van der Waals surface area (Å²) < 4.78 is 6.81. The van der Waals surface area contributed by atoms with Gasteiger partial charge in [-0.3, -0.25) is 0 Å². The molecule has 0 amide bonds. The van der Waals surface area contributed by atoms with Crippen molar-refractivity contribution in [2.45, 2.75) is 98.4 Å². The van der Waals surface area contributed by atoms with Crippen LogP contribution in [-0.2, 0) is 9.22 Å². The first kappa shape index (κ1) is 24.3. The zero-order chi connectivity index (χ0) is 19.7. The number of allylic oxidation sites excluding steroid dienone is 2. The molecule has 146 valence electrons. The lowest BCUT2D eigenvalue weighted by Gasteiger charge is -2.41. The van der Waals surface area contributed by atoms with Crippen molar-refractivity contribution in [3.8, 4) is 0 Å². The van der Waals surface area contributed by atoms with Gasteiger partial charge in [0.15, 0.2) is 8.32 Å². The molecule has 0 heterocycles. The number of rotatable bonds is 11. The average Bonchev–Trinajstić information content (AvgIpc) is 2.48. The molecule has 0 aromatic rings. The Balaban J connectivity index is 5.43. The van der Waals surface area contributed by atoms with Crippen LogP contribution < -0.4 is 0 Å². The molecule has 0 unspecified atom stereocenters. The summed E-state index contributed by atoms with van der Waals surface area (Å²) in [6.07, 6.45) is 11.7. The van der Waals surface area contributed by atoms with Gasteiger partial charge >= 0.3 is 0 Å². The minimum atomic E-state index is -1.85. The summed E-state index contributed by atoms with van der Waals surface area (Å²) in [7, 11) is -1.85. The summed E-state index contributed by atoms with van der Waals surface area (Å²) in [4.78, 5) is 10.5. The van der Waals surface area contributed by atoms with E-state index in [-0.39, 0.29) is 11.1 Å². The third-order valence-corrected chi connectivity index (χ3v) is 9.79. The zero-order valence-electron chi connectivity index (χ0n) is 18.2. The van der Waals surface area contributed by atoms with Crippen molar-refractivity contribution in [2.75, 3.05) is 0 Å². The average molecular weight is 367 g/mol. The molecule has 0 N–H and O–H groups in total. The molecule has 0 aromatic heterocycles. The van der Waals surface area contributed by atoms with Crippen LogP contribution in [-0.4, -0.2) is 20.7 Å². The number of hydrogen-bond donors (Lipinski definition) is 0. The number of carbonyl (C=O) groups excluding carboxylic acids is 1. The molecule has 25 heavy (non-hydrogen) atoms. The van der Waals surface area contributed by atoms with E-state index in [4.69, 9.17) is 4.43 Å². The SMILES string of the molecule is CCC[C@@H](C)/C=C(\C)[C@H](O[Si](C)(C)C(C)(C)C)[C@H](C)/C=C/CCC=O. The minimum Gasteiger partial charge on any atom is -0.410 e. The number of aldehydes is 1. The Morgan fingerprint density at radius 3 is 2.24 bits per heavy atom. The topological polar surface area (TPSA) is 26.3 Å². The Labute approximate surface area is 158 Å². The number of unbranched alkanes of at least 4 members (excludes halogenated alkanes) is 1. The van der Waals surface area contributed by atoms with E-state index in [0.717, 1.165) is 12.7 Å².